The van der Waals surface area contributed by atoms with Gasteiger partial charge in [-0.1, -0.05) is 26.0 Å². The largest absolute Gasteiger partial charge is 0.317 e. The zero-order chi connectivity index (χ0) is 7.56. The van der Waals surface area contributed by atoms with Crippen molar-refractivity contribution in [2.75, 3.05) is 7.05 Å². The van der Waals surface area contributed by atoms with E-state index in [4.69, 9.17) is 0 Å². The molecule has 0 aromatic rings. The molecule has 10 heavy (non-hydrogen) atoms. The summed E-state index contributed by atoms with van der Waals surface area (Å²) in [6, 6.07) is 0.821. The van der Waals surface area contributed by atoms with E-state index in [0.29, 0.717) is 0 Å². The lowest BCUT2D eigenvalue weighted by Gasteiger charge is -2.09. The molecule has 0 aromatic carbocycles. The van der Waals surface area contributed by atoms with Gasteiger partial charge in [-0.2, -0.15) is 0 Å². The van der Waals surface area contributed by atoms with Crippen molar-refractivity contribution in [3.8, 4) is 0 Å². The molecule has 1 rings (SSSR count). The highest BCUT2D eigenvalue weighted by atomic mass is 14.9. The molecule has 0 spiro atoms. The highest BCUT2D eigenvalue weighted by Crippen LogP contribution is 2.41. The van der Waals surface area contributed by atoms with Gasteiger partial charge in [0.1, 0.15) is 7.28 Å². The molecule has 0 saturated heterocycles. The van der Waals surface area contributed by atoms with Gasteiger partial charge in [-0.25, -0.2) is 0 Å². The maximum absolute atomic E-state index is 3.32. The highest BCUT2D eigenvalue weighted by molar-refractivity contribution is 6.35. The van der Waals surface area contributed by atoms with Crippen LogP contribution in [0.25, 0.3) is 0 Å². The normalized spacial score (nSPS) is 33.5. The first-order valence-electron chi connectivity index (χ1n) is 4.30. The molecule has 1 saturated carbocycles. The van der Waals surface area contributed by atoms with Crippen LogP contribution in [0.4, 0.5) is 0 Å². The molecule has 1 nitrogen and oxygen atoms in total. The van der Waals surface area contributed by atoms with Crippen molar-refractivity contribution in [3.05, 3.63) is 0 Å². The van der Waals surface area contributed by atoms with E-state index in [2.05, 4.69) is 33.4 Å². The third kappa shape index (κ3) is 1.54. The highest BCUT2D eigenvalue weighted by Gasteiger charge is 2.39. The molecule has 1 fully saturated rings. The predicted octanol–water partition coefficient (Wildman–Crippen LogP) is 1.55. The molecule has 0 aromatic heterocycles. The molecule has 3 unspecified atom stereocenters. The molecule has 0 bridgehead atoms. The molecule has 0 amide bonds. The van der Waals surface area contributed by atoms with Gasteiger partial charge in [0, 0.05) is 6.04 Å². The fourth-order valence-corrected chi connectivity index (χ4v) is 1.81. The van der Waals surface area contributed by atoms with E-state index in [9.17, 15) is 0 Å². The first kappa shape index (κ1) is 8.12. The molecule has 1 aliphatic rings. The van der Waals surface area contributed by atoms with E-state index < -0.39 is 0 Å². The number of rotatable bonds is 4. The maximum Gasteiger partial charge on any atom is 0.110 e. The summed E-state index contributed by atoms with van der Waals surface area (Å²) >= 11 is 0. The molecule has 1 N–H and O–H groups in total. The van der Waals surface area contributed by atoms with Gasteiger partial charge in [-0.15, -0.1) is 0 Å². The van der Waals surface area contributed by atoms with Crippen molar-refractivity contribution in [2.24, 2.45) is 5.92 Å². The lowest BCUT2D eigenvalue weighted by molar-refractivity contribution is 0.636. The minimum absolute atomic E-state index is 0.821. The van der Waals surface area contributed by atoms with E-state index in [1.807, 2.05) is 0 Å². The van der Waals surface area contributed by atoms with Crippen LogP contribution in [0.3, 0.4) is 0 Å². The maximum atomic E-state index is 3.32. The summed E-state index contributed by atoms with van der Waals surface area (Å²) in [4.78, 5) is 0. The van der Waals surface area contributed by atoms with Gasteiger partial charge in [0.15, 0.2) is 0 Å². The Morgan fingerprint density at radius 1 is 1.70 bits per heavy atom. The summed E-state index contributed by atoms with van der Waals surface area (Å²) in [7, 11) is 4.41. The van der Waals surface area contributed by atoms with Crippen LogP contribution in [0.15, 0.2) is 0 Å². The van der Waals surface area contributed by atoms with E-state index in [0.717, 1.165) is 17.8 Å². The van der Waals surface area contributed by atoms with Crippen LogP contribution in [0, 0.1) is 5.92 Å². The van der Waals surface area contributed by atoms with Crippen LogP contribution >= 0.6 is 0 Å². The summed E-state index contributed by atoms with van der Waals surface area (Å²) < 4.78 is 0. The second kappa shape index (κ2) is 3.43. The fraction of sp³-hybridized carbons (Fsp3) is 1.00. The second-order valence-electron chi connectivity index (χ2n) is 3.20. The number of nitrogens with one attached hydrogen (secondary N) is 1. The number of hydrogen-bond acceptors (Lipinski definition) is 1. The fourth-order valence-electron chi connectivity index (χ4n) is 1.81. The van der Waals surface area contributed by atoms with E-state index in [-0.39, 0.29) is 0 Å². The van der Waals surface area contributed by atoms with Crippen molar-refractivity contribution in [2.45, 2.75) is 38.4 Å². The quantitative estimate of drug-likeness (QED) is 0.581. The standard InChI is InChI=1S/C8H17BN/c1-4-7(9-2)6-5-8(6)10-3/h6-8,10H,4-5H2,1-3H3. The Morgan fingerprint density at radius 3 is 2.70 bits per heavy atom. The van der Waals surface area contributed by atoms with E-state index in [1.165, 1.54) is 12.8 Å². The number of hydrogen-bond donors (Lipinski definition) is 1. The van der Waals surface area contributed by atoms with Crippen LogP contribution in [-0.4, -0.2) is 20.4 Å². The van der Waals surface area contributed by atoms with E-state index in [1.54, 1.807) is 0 Å². The minimum atomic E-state index is 0.821. The molecule has 3 atom stereocenters. The Bertz CT molecular complexity index is 101. The van der Waals surface area contributed by atoms with Gasteiger partial charge >= 0.3 is 0 Å². The Labute approximate surface area is 64.8 Å². The van der Waals surface area contributed by atoms with Gasteiger partial charge in [0.2, 0.25) is 0 Å². The zero-order valence-electron chi connectivity index (χ0n) is 7.22. The summed E-state index contributed by atoms with van der Waals surface area (Å²) in [5, 5.41) is 3.32. The monoisotopic (exact) mass is 138 g/mol. The molecular formula is C8H17BN. The summed E-state index contributed by atoms with van der Waals surface area (Å²) in [6.45, 7) is 4.45. The van der Waals surface area contributed by atoms with Gasteiger partial charge in [-0.05, 0) is 19.4 Å². The second-order valence-corrected chi connectivity index (χ2v) is 3.20. The summed E-state index contributed by atoms with van der Waals surface area (Å²) in [6.07, 6.45) is 2.69. The minimum Gasteiger partial charge on any atom is -0.317 e. The summed E-state index contributed by atoms with van der Waals surface area (Å²) in [5.74, 6) is 1.80. The van der Waals surface area contributed by atoms with E-state index >= 15 is 0 Å². The van der Waals surface area contributed by atoms with Crippen molar-refractivity contribution < 1.29 is 0 Å². The average molecular weight is 138 g/mol. The van der Waals surface area contributed by atoms with Crippen molar-refractivity contribution in [1.82, 2.24) is 5.32 Å². The molecule has 1 radical (unpaired) electrons. The SMILES string of the molecule is C[B]C(CC)C1CC1NC. The first-order chi connectivity index (χ1) is 4.83. The molecule has 2 heteroatoms. The first-order valence-corrected chi connectivity index (χ1v) is 4.30. The molecule has 57 valence electrons. The van der Waals surface area contributed by atoms with Gasteiger partial charge in [0.05, 0.1) is 0 Å². The predicted molar refractivity (Wildman–Crippen MR) is 46.6 cm³/mol. The third-order valence-corrected chi connectivity index (χ3v) is 2.66. The van der Waals surface area contributed by atoms with Gasteiger partial charge in [-0.3, -0.25) is 0 Å². The Morgan fingerprint density at radius 2 is 2.40 bits per heavy atom. The lowest BCUT2D eigenvalue weighted by Crippen LogP contribution is -2.14. The Kier molecular flexibility index (Phi) is 2.78. The van der Waals surface area contributed by atoms with Crippen molar-refractivity contribution in [3.63, 3.8) is 0 Å². The summed E-state index contributed by atoms with van der Waals surface area (Å²) in [5.41, 5.74) is 0. The van der Waals surface area contributed by atoms with Crippen molar-refractivity contribution in [1.29, 1.82) is 0 Å². The molecule has 1 aliphatic carbocycles. The van der Waals surface area contributed by atoms with Crippen LogP contribution in [0.1, 0.15) is 19.8 Å². The third-order valence-electron chi connectivity index (χ3n) is 2.66. The van der Waals surface area contributed by atoms with Crippen molar-refractivity contribution >= 4 is 7.28 Å². The van der Waals surface area contributed by atoms with Gasteiger partial charge in [0.25, 0.3) is 0 Å². The molecule has 0 heterocycles. The topological polar surface area (TPSA) is 12.0 Å². The van der Waals surface area contributed by atoms with Crippen LogP contribution < -0.4 is 5.32 Å². The zero-order valence-corrected chi connectivity index (χ0v) is 7.22. The van der Waals surface area contributed by atoms with Gasteiger partial charge < -0.3 is 5.32 Å². The van der Waals surface area contributed by atoms with Crippen LogP contribution in [0.2, 0.25) is 12.6 Å². The lowest BCUT2D eigenvalue weighted by atomic mass is 9.63. The molecular weight excluding hydrogens is 121 g/mol. The smallest absolute Gasteiger partial charge is 0.110 e. The molecule has 0 aliphatic heterocycles. The van der Waals surface area contributed by atoms with Crippen LogP contribution in [0.5, 0.6) is 0 Å². The average Bonchev–Trinajstić information content (AvgIpc) is 2.70. The Hall–Kier alpha value is 0.0249. The van der Waals surface area contributed by atoms with Crippen LogP contribution in [-0.2, 0) is 0 Å². The Balaban J connectivity index is 2.22.